The lowest BCUT2D eigenvalue weighted by molar-refractivity contribution is -0.316. The Bertz CT molecular complexity index is 491. The van der Waals surface area contributed by atoms with Crippen LogP contribution in [0.15, 0.2) is 42.7 Å². The van der Waals surface area contributed by atoms with Crippen molar-refractivity contribution in [2.75, 3.05) is 7.11 Å². The number of hydrogen-bond acceptors (Lipinski definition) is 4. The van der Waals surface area contributed by atoms with E-state index < -0.39 is 12.1 Å². The van der Waals surface area contributed by atoms with Crippen LogP contribution in [-0.2, 0) is 9.53 Å². The molecule has 17 heavy (non-hydrogen) atoms. The molecule has 1 aromatic heterocycles. The topological polar surface area (TPSA) is 67.2 Å². The van der Waals surface area contributed by atoms with Crippen molar-refractivity contribution in [1.29, 1.82) is 0 Å². The van der Waals surface area contributed by atoms with Gasteiger partial charge in [0.2, 0.25) is 0 Å². The van der Waals surface area contributed by atoms with Crippen molar-refractivity contribution in [3.8, 4) is 5.69 Å². The van der Waals surface area contributed by atoms with Gasteiger partial charge < -0.3 is 14.6 Å². The Morgan fingerprint density at radius 2 is 2.12 bits per heavy atom. The molecule has 0 aliphatic carbocycles. The highest BCUT2D eigenvalue weighted by molar-refractivity contribution is 5.72. The van der Waals surface area contributed by atoms with Gasteiger partial charge >= 0.3 is 0 Å². The fraction of sp³-hybridized carbons (Fsp3) is 0.167. The lowest BCUT2D eigenvalue weighted by Gasteiger charge is -2.16. The zero-order chi connectivity index (χ0) is 12.3. The van der Waals surface area contributed by atoms with Crippen LogP contribution in [0.1, 0.15) is 11.7 Å². The zero-order valence-electron chi connectivity index (χ0n) is 9.24. The quantitative estimate of drug-likeness (QED) is 0.759. The van der Waals surface area contributed by atoms with Gasteiger partial charge in [-0.05, 0) is 23.8 Å². The summed E-state index contributed by atoms with van der Waals surface area (Å²) in [6, 6.07) is 8.73. The summed E-state index contributed by atoms with van der Waals surface area (Å²) in [6.45, 7) is 0. The van der Waals surface area contributed by atoms with Gasteiger partial charge in [-0.1, -0.05) is 12.1 Å². The van der Waals surface area contributed by atoms with Crippen LogP contribution in [0.25, 0.3) is 5.69 Å². The van der Waals surface area contributed by atoms with Crippen LogP contribution in [0.3, 0.4) is 0 Å². The minimum atomic E-state index is -1.25. The molecule has 0 aliphatic rings. The van der Waals surface area contributed by atoms with E-state index in [0.29, 0.717) is 5.56 Å². The van der Waals surface area contributed by atoms with Gasteiger partial charge in [-0.15, -0.1) is 0 Å². The molecule has 1 heterocycles. The Hall–Kier alpha value is -2.14. The van der Waals surface area contributed by atoms with Crippen LogP contribution in [0.4, 0.5) is 0 Å². The number of nitrogens with zero attached hydrogens (tertiary/aromatic N) is 2. The number of carboxylic acids is 1. The lowest BCUT2D eigenvalue weighted by atomic mass is 10.1. The van der Waals surface area contributed by atoms with Gasteiger partial charge in [0.05, 0.1) is 11.7 Å². The Kier molecular flexibility index (Phi) is 3.20. The maximum Gasteiger partial charge on any atom is 0.121 e. The van der Waals surface area contributed by atoms with E-state index in [0.717, 1.165) is 5.69 Å². The fourth-order valence-corrected chi connectivity index (χ4v) is 1.59. The first-order valence-electron chi connectivity index (χ1n) is 5.06. The first-order valence-corrected chi connectivity index (χ1v) is 5.06. The minimum absolute atomic E-state index is 0.545. The average Bonchev–Trinajstić information content (AvgIpc) is 2.84. The van der Waals surface area contributed by atoms with Crippen molar-refractivity contribution < 1.29 is 14.6 Å². The van der Waals surface area contributed by atoms with Crippen LogP contribution in [0.2, 0.25) is 0 Å². The summed E-state index contributed by atoms with van der Waals surface area (Å²) in [4.78, 5) is 10.8. The molecule has 0 amide bonds. The van der Waals surface area contributed by atoms with Crippen LogP contribution < -0.4 is 5.11 Å². The van der Waals surface area contributed by atoms with E-state index in [9.17, 15) is 9.90 Å². The molecule has 0 bridgehead atoms. The lowest BCUT2D eigenvalue weighted by Crippen LogP contribution is -2.30. The summed E-state index contributed by atoms with van der Waals surface area (Å²) in [6.07, 6.45) is 2.44. The van der Waals surface area contributed by atoms with E-state index >= 15 is 0 Å². The van der Waals surface area contributed by atoms with Gasteiger partial charge in [-0.2, -0.15) is 5.10 Å². The van der Waals surface area contributed by atoms with E-state index in [1.807, 2.05) is 12.3 Å². The van der Waals surface area contributed by atoms with Gasteiger partial charge in [-0.25, -0.2) is 4.68 Å². The summed E-state index contributed by atoms with van der Waals surface area (Å²) in [5, 5.41) is 14.9. The van der Waals surface area contributed by atoms with Gasteiger partial charge in [0, 0.05) is 19.5 Å². The number of methoxy groups -OCH3 is 1. The summed E-state index contributed by atoms with van der Waals surface area (Å²) in [5.74, 6) is -1.25. The normalized spacial score (nSPS) is 12.3. The number of benzene rings is 1. The van der Waals surface area contributed by atoms with E-state index in [-0.39, 0.29) is 0 Å². The average molecular weight is 231 g/mol. The molecule has 0 spiro atoms. The molecule has 0 radical (unpaired) electrons. The third-order valence-electron chi connectivity index (χ3n) is 2.41. The molecule has 0 fully saturated rings. The molecule has 5 nitrogen and oxygen atoms in total. The van der Waals surface area contributed by atoms with E-state index in [4.69, 9.17) is 4.74 Å². The molecular weight excluding hydrogens is 220 g/mol. The van der Waals surface area contributed by atoms with Crippen LogP contribution in [0.5, 0.6) is 0 Å². The highest BCUT2D eigenvalue weighted by atomic mass is 16.5. The molecule has 2 rings (SSSR count). The molecule has 5 heteroatoms. The second kappa shape index (κ2) is 4.80. The Balaban J connectivity index is 2.26. The predicted octanol–water partition coefficient (Wildman–Crippen LogP) is 0.310. The molecule has 1 aromatic carbocycles. The minimum Gasteiger partial charge on any atom is -0.547 e. The highest BCUT2D eigenvalue weighted by Gasteiger charge is 2.11. The number of carbonyl (C=O) groups is 1. The summed E-state index contributed by atoms with van der Waals surface area (Å²) >= 11 is 0. The second-order valence-corrected chi connectivity index (χ2v) is 3.48. The number of ether oxygens (including phenoxy) is 1. The molecule has 2 aromatic rings. The summed E-state index contributed by atoms with van der Waals surface area (Å²) < 4.78 is 6.53. The number of rotatable bonds is 4. The van der Waals surface area contributed by atoms with Gasteiger partial charge in [0.15, 0.2) is 0 Å². The molecule has 0 saturated heterocycles. The SMILES string of the molecule is COC(C(=O)[O-])c1ccc(-n2cccn2)cc1. The predicted molar refractivity (Wildman–Crippen MR) is 58.3 cm³/mol. The van der Waals surface area contributed by atoms with Gasteiger partial charge in [0.25, 0.3) is 0 Å². The maximum atomic E-state index is 10.8. The number of aliphatic carboxylic acids is 1. The first kappa shape index (κ1) is 11.3. The maximum absolute atomic E-state index is 10.8. The molecule has 88 valence electrons. The molecule has 1 atom stereocenters. The summed E-state index contributed by atoms with van der Waals surface area (Å²) in [7, 11) is 1.34. The number of aromatic nitrogens is 2. The molecule has 1 unspecified atom stereocenters. The highest BCUT2D eigenvalue weighted by Crippen LogP contribution is 2.17. The largest absolute Gasteiger partial charge is 0.547 e. The molecule has 0 saturated carbocycles. The van der Waals surface area contributed by atoms with Crippen molar-refractivity contribution in [3.63, 3.8) is 0 Å². The Morgan fingerprint density at radius 3 is 2.59 bits per heavy atom. The van der Waals surface area contributed by atoms with E-state index in [1.54, 1.807) is 35.1 Å². The third-order valence-corrected chi connectivity index (χ3v) is 2.41. The van der Waals surface area contributed by atoms with E-state index in [2.05, 4.69) is 5.10 Å². The molecular formula is C12H11N2O3-. The third kappa shape index (κ3) is 2.34. The zero-order valence-corrected chi connectivity index (χ0v) is 9.24. The number of carbonyl (C=O) groups excluding carboxylic acids is 1. The van der Waals surface area contributed by atoms with Crippen LogP contribution in [-0.4, -0.2) is 22.9 Å². The summed E-state index contributed by atoms with van der Waals surface area (Å²) in [5.41, 5.74) is 1.40. The van der Waals surface area contributed by atoms with Crippen molar-refractivity contribution in [2.45, 2.75) is 6.10 Å². The van der Waals surface area contributed by atoms with Crippen molar-refractivity contribution >= 4 is 5.97 Å². The Morgan fingerprint density at radius 1 is 1.41 bits per heavy atom. The Labute approximate surface area is 98.3 Å². The standard InChI is InChI=1S/C12H12N2O3/c1-17-11(12(15)16)9-3-5-10(6-4-9)14-8-2-7-13-14/h2-8,11H,1H3,(H,15,16)/p-1. The van der Waals surface area contributed by atoms with Crippen molar-refractivity contribution in [2.24, 2.45) is 0 Å². The van der Waals surface area contributed by atoms with Gasteiger partial charge in [-0.3, -0.25) is 0 Å². The first-order chi connectivity index (χ1) is 8.22. The fourth-order valence-electron chi connectivity index (χ4n) is 1.59. The van der Waals surface area contributed by atoms with E-state index in [1.165, 1.54) is 7.11 Å². The number of carboxylic acid groups (broad SMARTS) is 1. The van der Waals surface area contributed by atoms with Crippen LogP contribution >= 0.6 is 0 Å². The smallest absolute Gasteiger partial charge is 0.121 e. The van der Waals surface area contributed by atoms with Crippen LogP contribution in [0, 0.1) is 0 Å². The van der Waals surface area contributed by atoms with Gasteiger partial charge in [0.1, 0.15) is 6.10 Å². The molecule has 0 aliphatic heterocycles. The monoisotopic (exact) mass is 231 g/mol. The molecule has 0 N–H and O–H groups in total. The number of hydrogen-bond donors (Lipinski definition) is 0. The van der Waals surface area contributed by atoms with Crippen molar-refractivity contribution in [1.82, 2.24) is 9.78 Å². The second-order valence-electron chi connectivity index (χ2n) is 3.48. The van der Waals surface area contributed by atoms with Crippen molar-refractivity contribution in [3.05, 3.63) is 48.3 Å².